The molecule has 2 aromatic heterocycles. The summed E-state index contributed by atoms with van der Waals surface area (Å²) in [5.74, 6) is 0.751. The van der Waals surface area contributed by atoms with Crippen LogP contribution in [0.2, 0.25) is 0 Å². The molecule has 1 fully saturated rings. The van der Waals surface area contributed by atoms with E-state index in [0.29, 0.717) is 6.54 Å². The standard InChI is InChI=1S/C17H17N3O3S/c21-20(22)16-9-12(11-24-16)10-19-8-4-3-6-14(19)17-18-13-5-1-2-7-15(13)23-17/h1-2,5,7,9,11,14H,3-4,6,8,10H2/t14-/m0/s1. The van der Waals surface area contributed by atoms with Crippen LogP contribution in [0, 0.1) is 10.1 Å². The first-order chi connectivity index (χ1) is 11.7. The first-order valence-electron chi connectivity index (χ1n) is 8.02. The van der Waals surface area contributed by atoms with Gasteiger partial charge in [0.2, 0.25) is 5.89 Å². The molecule has 1 atom stereocenters. The Hall–Kier alpha value is -2.25. The SMILES string of the molecule is O=[N+]([O-])c1cc(CN2CCCC[C@H]2c2nc3ccccc3o2)cs1. The lowest BCUT2D eigenvalue weighted by atomic mass is 10.0. The number of hydrogen-bond acceptors (Lipinski definition) is 6. The molecule has 7 heteroatoms. The van der Waals surface area contributed by atoms with E-state index < -0.39 is 0 Å². The molecule has 0 spiro atoms. The molecule has 0 N–H and O–H groups in total. The fraction of sp³-hybridized carbons (Fsp3) is 0.353. The third kappa shape index (κ3) is 2.92. The van der Waals surface area contributed by atoms with Gasteiger partial charge >= 0.3 is 5.00 Å². The molecule has 0 radical (unpaired) electrons. The van der Waals surface area contributed by atoms with Crippen LogP contribution in [0.5, 0.6) is 0 Å². The Labute approximate surface area is 142 Å². The topological polar surface area (TPSA) is 72.4 Å². The van der Waals surface area contributed by atoms with Crippen molar-refractivity contribution in [1.82, 2.24) is 9.88 Å². The van der Waals surface area contributed by atoms with E-state index in [1.165, 1.54) is 11.3 Å². The van der Waals surface area contributed by atoms with Crippen molar-refractivity contribution in [1.29, 1.82) is 0 Å². The minimum Gasteiger partial charge on any atom is -0.439 e. The van der Waals surface area contributed by atoms with Crippen molar-refractivity contribution in [2.75, 3.05) is 6.54 Å². The van der Waals surface area contributed by atoms with Gasteiger partial charge in [0.15, 0.2) is 5.58 Å². The van der Waals surface area contributed by atoms with Gasteiger partial charge in [-0.2, -0.15) is 0 Å². The maximum Gasteiger partial charge on any atom is 0.324 e. The Bertz CT molecular complexity index is 840. The molecule has 124 valence electrons. The van der Waals surface area contributed by atoms with Gasteiger partial charge in [0.05, 0.1) is 11.0 Å². The van der Waals surface area contributed by atoms with E-state index in [4.69, 9.17) is 4.42 Å². The molecule has 1 aliphatic heterocycles. The third-order valence-corrected chi connectivity index (χ3v) is 5.34. The van der Waals surface area contributed by atoms with Crippen molar-refractivity contribution in [2.24, 2.45) is 0 Å². The monoisotopic (exact) mass is 343 g/mol. The number of hydrogen-bond donors (Lipinski definition) is 0. The third-order valence-electron chi connectivity index (χ3n) is 4.41. The highest BCUT2D eigenvalue weighted by atomic mass is 32.1. The molecule has 24 heavy (non-hydrogen) atoms. The molecule has 1 aromatic carbocycles. The largest absolute Gasteiger partial charge is 0.439 e. The van der Waals surface area contributed by atoms with Crippen LogP contribution in [0.1, 0.15) is 36.8 Å². The first kappa shape index (κ1) is 15.3. The summed E-state index contributed by atoms with van der Waals surface area (Å²) in [6.07, 6.45) is 3.27. The number of para-hydroxylation sites is 2. The lowest BCUT2D eigenvalue weighted by molar-refractivity contribution is -0.380. The number of fused-ring (bicyclic) bond motifs is 1. The van der Waals surface area contributed by atoms with Gasteiger partial charge in [0.1, 0.15) is 5.52 Å². The summed E-state index contributed by atoms with van der Waals surface area (Å²) in [4.78, 5) is 17.5. The van der Waals surface area contributed by atoms with E-state index in [-0.39, 0.29) is 16.0 Å². The highest BCUT2D eigenvalue weighted by Crippen LogP contribution is 2.34. The summed E-state index contributed by atoms with van der Waals surface area (Å²) in [7, 11) is 0. The van der Waals surface area contributed by atoms with E-state index >= 15 is 0 Å². The average Bonchev–Trinajstić information content (AvgIpc) is 3.22. The second-order valence-corrected chi connectivity index (χ2v) is 6.94. The van der Waals surface area contributed by atoms with Gasteiger partial charge in [-0.05, 0) is 37.1 Å². The minimum absolute atomic E-state index is 0.130. The Balaban J connectivity index is 1.59. The number of nitrogens with zero attached hydrogens (tertiary/aromatic N) is 3. The maximum atomic E-state index is 10.9. The van der Waals surface area contributed by atoms with Crippen molar-refractivity contribution < 1.29 is 9.34 Å². The Morgan fingerprint density at radius 2 is 2.25 bits per heavy atom. The predicted molar refractivity (Wildman–Crippen MR) is 92.0 cm³/mol. The molecule has 3 aromatic rings. The maximum absolute atomic E-state index is 10.9. The summed E-state index contributed by atoms with van der Waals surface area (Å²) in [6.45, 7) is 1.64. The van der Waals surface area contributed by atoms with Crippen LogP contribution < -0.4 is 0 Å². The number of rotatable bonds is 4. The fourth-order valence-corrected chi connectivity index (χ4v) is 3.99. The molecule has 1 aliphatic rings. The van der Waals surface area contributed by atoms with Gasteiger partial charge in [0, 0.05) is 18.0 Å². The zero-order valence-electron chi connectivity index (χ0n) is 13.1. The number of thiophene rings is 1. The van der Waals surface area contributed by atoms with Crippen LogP contribution in [0.3, 0.4) is 0 Å². The number of aromatic nitrogens is 1. The van der Waals surface area contributed by atoms with Crippen LogP contribution in [-0.2, 0) is 6.54 Å². The molecule has 1 saturated heterocycles. The molecule has 4 rings (SSSR count). The summed E-state index contributed by atoms with van der Waals surface area (Å²) in [5.41, 5.74) is 2.67. The minimum atomic E-state index is -0.331. The number of oxazole rings is 1. The average molecular weight is 343 g/mol. The number of piperidine rings is 1. The van der Waals surface area contributed by atoms with Crippen LogP contribution in [-0.4, -0.2) is 21.4 Å². The number of benzene rings is 1. The van der Waals surface area contributed by atoms with Gasteiger partial charge < -0.3 is 4.42 Å². The molecular formula is C17H17N3O3S. The predicted octanol–water partition coefficient (Wildman–Crippen LogP) is 4.52. The van der Waals surface area contributed by atoms with Gasteiger partial charge in [-0.25, -0.2) is 4.98 Å². The molecule has 3 heterocycles. The van der Waals surface area contributed by atoms with Crippen LogP contribution in [0.25, 0.3) is 11.1 Å². The number of nitro groups is 1. The van der Waals surface area contributed by atoms with E-state index in [0.717, 1.165) is 48.4 Å². The highest BCUT2D eigenvalue weighted by molar-refractivity contribution is 7.13. The van der Waals surface area contributed by atoms with Gasteiger partial charge in [-0.15, -0.1) is 0 Å². The summed E-state index contributed by atoms with van der Waals surface area (Å²) >= 11 is 1.18. The van der Waals surface area contributed by atoms with Crippen molar-refractivity contribution in [3.63, 3.8) is 0 Å². The van der Waals surface area contributed by atoms with Gasteiger partial charge in [0.25, 0.3) is 0 Å². The van der Waals surface area contributed by atoms with Crippen LogP contribution in [0.4, 0.5) is 5.00 Å². The Morgan fingerprint density at radius 3 is 3.04 bits per heavy atom. The lowest BCUT2D eigenvalue weighted by Crippen LogP contribution is -2.33. The van der Waals surface area contributed by atoms with E-state index in [2.05, 4.69) is 9.88 Å². The summed E-state index contributed by atoms with van der Waals surface area (Å²) < 4.78 is 5.96. The van der Waals surface area contributed by atoms with Crippen LogP contribution >= 0.6 is 11.3 Å². The molecule has 0 unspecified atom stereocenters. The van der Waals surface area contributed by atoms with Crippen molar-refractivity contribution >= 4 is 27.4 Å². The van der Waals surface area contributed by atoms with Crippen molar-refractivity contribution in [2.45, 2.75) is 31.8 Å². The van der Waals surface area contributed by atoms with E-state index in [1.807, 2.05) is 29.6 Å². The molecule has 0 bridgehead atoms. The van der Waals surface area contributed by atoms with Crippen molar-refractivity contribution in [3.8, 4) is 0 Å². The summed E-state index contributed by atoms with van der Waals surface area (Å²) in [5, 5.41) is 12.9. The quantitative estimate of drug-likeness (QED) is 0.514. The van der Waals surface area contributed by atoms with Gasteiger partial charge in [-0.3, -0.25) is 15.0 Å². The molecule has 0 aliphatic carbocycles. The zero-order valence-corrected chi connectivity index (χ0v) is 13.9. The summed E-state index contributed by atoms with van der Waals surface area (Å²) in [6, 6.07) is 9.59. The second-order valence-electron chi connectivity index (χ2n) is 6.05. The normalized spacial score (nSPS) is 18.9. The zero-order chi connectivity index (χ0) is 16.5. The Kier molecular flexibility index (Phi) is 4.03. The first-order valence-corrected chi connectivity index (χ1v) is 8.90. The molecule has 0 amide bonds. The molecular weight excluding hydrogens is 326 g/mol. The Morgan fingerprint density at radius 1 is 1.38 bits per heavy atom. The fourth-order valence-electron chi connectivity index (χ4n) is 3.27. The molecule has 0 saturated carbocycles. The molecule has 6 nitrogen and oxygen atoms in total. The second kappa shape index (κ2) is 6.33. The highest BCUT2D eigenvalue weighted by Gasteiger charge is 2.28. The number of likely N-dealkylation sites (tertiary alicyclic amines) is 1. The van der Waals surface area contributed by atoms with E-state index in [9.17, 15) is 10.1 Å². The smallest absolute Gasteiger partial charge is 0.324 e. The van der Waals surface area contributed by atoms with E-state index in [1.54, 1.807) is 6.07 Å². The van der Waals surface area contributed by atoms with Crippen molar-refractivity contribution in [3.05, 3.63) is 57.3 Å². The lowest BCUT2D eigenvalue weighted by Gasteiger charge is -2.33. The van der Waals surface area contributed by atoms with Crippen LogP contribution in [0.15, 0.2) is 40.1 Å². The van der Waals surface area contributed by atoms with Gasteiger partial charge in [-0.1, -0.05) is 29.9 Å².